The van der Waals surface area contributed by atoms with E-state index < -0.39 is 0 Å². The van der Waals surface area contributed by atoms with E-state index in [-0.39, 0.29) is 6.04 Å². The van der Waals surface area contributed by atoms with Crippen molar-refractivity contribution >= 4 is 0 Å². The predicted molar refractivity (Wildman–Crippen MR) is 75.3 cm³/mol. The van der Waals surface area contributed by atoms with Gasteiger partial charge in [-0.25, -0.2) is 4.68 Å². The van der Waals surface area contributed by atoms with Crippen LogP contribution < -0.4 is 5.73 Å². The Kier molecular flexibility index (Phi) is 3.08. The van der Waals surface area contributed by atoms with E-state index in [1.54, 1.807) is 17.1 Å². The zero-order valence-electron chi connectivity index (χ0n) is 11.4. The van der Waals surface area contributed by atoms with Gasteiger partial charge in [-0.2, -0.15) is 5.10 Å². The first kappa shape index (κ1) is 12.6. The summed E-state index contributed by atoms with van der Waals surface area (Å²) in [7, 11) is 1.90. The van der Waals surface area contributed by atoms with Crippen LogP contribution in [0.5, 0.6) is 0 Å². The molecule has 3 aromatic rings. The van der Waals surface area contributed by atoms with Crippen LogP contribution in [-0.2, 0) is 7.05 Å². The molecule has 0 fully saturated rings. The Bertz CT molecular complexity index is 712. The van der Waals surface area contributed by atoms with Crippen molar-refractivity contribution in [1.82, 2.24) is 24.8 Å². The molecule has 0 amide bonds. The number of nitrogens with two attached hydrogens (primary N) is 1. The van der Waals surface area contributed by atoms with Crippen molar-refractivity contribution in [3.63, 3.8) is 0 Å². The van der Waals surface area contributed by atoms with Gasteiger partial charge in [0.15, 0.2) is 0 Å². The molecule has 6 nitrogen and oxygen atoms in total. The van der Waals surface area contributed by atoms with Gasteiger partial charge in [-0.05, 0) is 19.1 Å². The summed E-state index contributed by atoms with van der Waals surface area (Å²) < 4.78 is 3.57. The van der Waals surface area contributed by atoms with Gasteiger partial charge in [0, 0.05) is 18.3 Å². The van der Waals surface area contributed by atoms with E-state index in [0.29, 0.717) is 0 Å². The van der Waals surface area contributed by atoms with E-state index in [9.17, 15) is 0 Å². The SMILES string of the molecule is Cc1c(C(N)c2cnnn2-c2ccccc2)cnn1C. The van der Waals surface area contributed by atoms with Crippen LogP contribution in [-0.4, -0.2) is 24.8 Å². The lowest BCUT2D eigenvalue weighted by atomic mass is 10.1. The highest BCUT2D eigenvalue weighted by atomic mass is 15.4. The summed E-state index contributed by atoms with van der Waals surface area (Å²) in [5.74, 6) is 0. The van der Waals surface area contributed by atoms with Gasteiger partial charge in [0.05, 0.1) is 29.8 Å². The van der Waals surface area contributed by atoms with Crippen molar-refractivity contribution in [2.45, 2.75) is 13.0 Å². The predicted octanol–water partition coefficient (Wildman–Crippen LogP) is 1.36. The molecule has 0 aliphatic carbocycles. The minimum atomic E-state index is -0.307. The number of aromatic nitrogens is 5. The average Bonchev–Trinajstić information content (AvgIpc) is 3.08. The number of hydrogen-bond acceptors (Lipinski definition) is 4. The van der Waals surface area contributed by atoms with Crippen molar-refractivity contribution in [3.8, 4) is 5.69 Å². The first-order valence-corrected chi connectivity index (χ1v) is 6.38. The van der Waals surface area contributed by atoms with Crippen LogP contribution in [0.2, 0.25) is 0 Å². The molecule has 0 saturated heterocycles. The monoisotopic (exact) mass is 268 g/mol. The molecule has 20 heavy (non-hydrogen) atoms. The number of para-hydroxylation sites is 1. The van der Waals surface area contributed by atoms with Gasteiger partial charge in [0.2, 0.25) is 0 Å². The van der Waals surface area contributed by atoms with Gasteiger partial charge < -0.3 is 5.73 Å². The minimum absolute atomic E-state index is 0.307. The summed E-state index contributed by atoms with van der Waals surface area (Å²) in [6.07, 6.45) is 3.49. The Labute approximate surface area is 116 Å². The fourth-order valence-corrected chi connectivity index (χ4v) is 2.21. The van der Waals surface area contributed by atoms with E-state index in [4.69, 9.17) is 5.73 Å². The largest absolute Gasteiger partial charge is 0.319 e. The fraction of sp³-hybridized carbons (Fsp3) is 0.214. The van der Waals surface area contributed by atoms with Gasteiger partial charge in [-0.1, -0.05) is 23.4 Å². The molecule has 1 atom stereocenters. The lowest BCUT2D eigenvalue weighted by molar-refractivity contribution is 0.708. The molecule has 0 spiro atoms. The zero-order valence-corrected chi connectivity index (χ0v) is 11.4. The Morgan fingerprint density at radius 3 is 2.55 bits per heavy atom. The molecular weight excluding hydrogens is 252 g/mol. The molecule has 6 heteroatoms. The number of benzene rings is 1. The average molecular weight is 268 g/mol. The van der Waals surface area contributed by atoms with E-state index in [2.05, 4.69) is 15.4 Å². The number of nitrogens with zero attached hydrogens (tertiary/aromatic N) is 5. The fourth-order valence-electron chi connectivity index (χ4n) is 2.21. The normalized spacial score (nSPS) is 12.6. The first-order chi connectivity index (χ1) is 9.68. The number of aryl methyl sites for hydroxylation is 1. The highest BCUT2D eigenvalue weighted by Crippen LogP contribution is 2.23. The second kappa shape index (κ2) is 4.90. The van der Waals surface area contributed by atoms with Crippen molar-refractivity contribution in [3.05, 3.63) is 59.7 Å². The summed E-state index contributed by atoms with van der Waals surface area (Å²) in [5, 5.41) is 12.4. The van der Waals surface area contributed by atoms with Gasteiger partial charge in [-0.15, -0.1) is 5.10 Å². The van der Waals surface area contributed by atoms with Gasteiger partial charge >= 0.3 is 0 Å². The molecule has 1 unspecified atom stereocenters. The van der Waals surface area contributed by atoms with Crippen LogP contribution in [0, 0.1) is 6.92 Å². The molecule has 1 aromatic carbocycles. The maximum Gasteiger partial charge on any atom is 0.0859 e. The van der Waals surface area contributed by atoms with E-state index >= 15 is 0 Å². The van der Waals surface area contributed by atoms with Crippen LogP contribution in [0.15, 0.2) is 42.7 Å². The molecule has 2 heterocycles. The summed E-state index contributed by atoms with van der Waals surface area (Å²) in [6.45, 7) is 2.00. The number of hydrogen-bond donors (Lipinski definition) is 1. The van der Waals surface area contributed by atoms with Crippen LogP contribution in [0.4, 0.5) is 0 Å². The molecular formula is C14H16N6. The van der Waals surface area contributed by atoms with E-state index in [0.717, 1.165) is 22.6 Å². The lowest BCUT2D eigenvalue weighted by Crippen LogP contribution is -2.17. The van der Waals surface area contributed by atoms with Crippen molar-refractivity contribution in [2.24, 2.45) is 12.8 Å². The minimum Gasteiger partial charge on any atom is -0.319 e. The summed E-state index contributed by atoms with van der Waals surface area (Å²) in [6, 6.07) is 9.52. The molecule has 0 aliphatic rings. The molecule has 2 N–H and O–H groups in total. The molecule has 0 aliphatic heterocycles. The zero-order chi connectivity index (χ0) is 14.1. The number of rotatable bonds is 3. The van der Waals surface area contributed by atoms with Crippen LogP contribution in [0.3, 0.4) is 0 Å². The van der Waals surface area contributed by atoms with Gasteiger partial charge in [-0.3, -0.25) is 4.68 Å². The summed E-state index contributed by atoms with van der Waals surface area (Å²) in [5.41, 5.74) is 10.2. The lowest BCUT2D eigenvalue weighted by Gasteiger charge is -2.13. The second-order valence-electron chi connectivity index (χ2n) is 4.69. The Morgan fingerprint density at radius 2 is 1.90 bits per heavy atom. The Balaban J connectivity index is 2.04. The summed E-state index contributed by atoms with van der Waals surface area (Å²) in [4.78, 5) is 0. The maximum atomic E-state index is 6.36. The van der Waals surface area contributed by atoms with E-state index in [1.807, 2.05) is 49.0 Å². The standard InChI is InChI=1S/C14H16N6/c1-10-12(8-17-19(10)2)14(15)13-9-16-18-20(13)11-6-4-3-5-7-11/h3-9,14H,15H2,1-2H3. The molecule has 3 rings (SSSR count). The second-order valence-corrected chi connectivity index (χ2v) is 4.69. The Morgan fingerprint density at radius 1 is 1.15 bits per heavy atom. The Hall–Kier alpha value is -2.47. The smallest absolute Gasteiger partial charge is 0.0859 e. The molecule has 0 radical (unpaired) electrons. The van der Waals surface area contributed by atoms with Crippen molar-refractivity contribution in [1.29, 1.82) is 0 Å². The van der Waals surface area contributed by atoms with Crippen LogP contribution in [0.1, 0.15) is 23.0 Å². The maximum absolute atomic E-state index is 6.36. The van der Waals surface area contributed by atoms with Crippen molar-refractivity contribution in [2.75, 3.05) is 0 Å². The highest BCUT2D eigenvalue weighted by Gasteiger charge is 2.19. The van der Waals surface area contributed by atoms with Crippen LogP contribution >= 0.6 is 0 Å². The van der Waals surface area contributed by atoms with Gasteiger partial charge in [0.25, 0.3) is 0 Å². The van der Waals surface area contributed by atoms with Crippen LogP contribution in [0.25, 0.3) is 5.69 Å². The first-order valence-electron chi connectivity index (χ1n) is 6.38. The summed E-state index contributed by atoms with van der Waals surface area (Å²) >= 11 is 0. The quantitative estimate of drug-likeness (QED) is 0.778. The molecule has 0 saturated carbocycles. The van der Waals surface area contributed by atoms with Gasteiger partial charge in [0.1, 0.15) is 0 Å². The third-order valence-corrected chi connectivity index (χ3v) is 3.50. The molecule has 2 aromatic heterocycles. The third kappa shape index (κ3) is 2.00. The third-order valence-electron chi connectivity index (χ3n) is 3.50. The highest BCUT2D eigenvalue weighted by molar-refractivity contribution is 5.35. The molecule has 102 valence electrons. The molecule has 0 bridgehead atoms. The topological polar surface area (TPSA) is 74.6 Å². The van der Waals surface area contributed by atoms with E-state index in [1.165, 1.54) is 0 Å². The van der Waals surface area contributed by atoms with Crippen molar-refractivity contribution < 1.29 is 0 Å².